The Morgan fingerprint density at radius 3 is 2.47 bits per heavy atom. The van der Waals surface area contributed by atoms with E-state index in [9.17, 15) is 4.79 Å². The Labute approximate surface area is 148 Å². The van der Waals surface area contributed by atoms with Crippen LogP contribution >= 0.6 is 68.4 Å². The van der Waals surface area contributed by atoms with Gasteiger partial charge in [-0.1, -0.05) is 23.2 Å². The summed E-state index contributed by atoms with van der Waals surface area (Å²) in [5.41, 5.74) is 1.12. The smallest absolute Gasteiger partial charge is 0.256 e. The standard InChI is InChI=1S/C13H7Cl2I2NO/c14-7-1-3-11(17)9(5-7)13(19)18-12-4-2-8(16)6-10(12)15/h1-6H,(H,18,19). The molecule has 2 nitrogen and oxygen atoms in total. The molecule has 0 unspecified atom stereocenters. The van der Waals surface area contributed by atoms with E-state index in [2.05, 4.69) is 50.5 Å². The molecule has 0 radical (unpaired) electrons. The largest absolute Gasteiger partial charge is 0.321 e. The third-order valence-corrected chi connectivity index (χ3v) is 4.51. The highest BCUT2D eigenvalue weighted by atomic mass is 127. The van der Waals surface area contributed by atoms with Crippen molar-refractivity contribution >= 4 is 80.0 Å². The minimum Gasteiger partial charge on any atom is -0.321 e. The summed E-state index contributed by atoms with van der Waals surface area (Å²) in [6, 6.07) is 10.6. The van der Waals surface area contributed by atoms with Crippen molar-refractivity contribution in [1.82, 2.24) is 0 Å². The fourth-order valence-electron chi connectivity index (χ4n) is 1.45. The summed E-state index contributed by atoms with van der Waals surface area (Å²) in [5.74, 6) is -0.227. The summed E-state index contributed by atoms with van der Waals surface area (Å²) in [6.45, 7) is 0. The van der Waals surface area contributed by atoms with Gasteiger partial charge in [0.15, 0.2) is 0 Å². The minimum atomic E-state index is -0.227. The van der Waals surface area contributed by atoms with E-state index in [1.165, 1.54) is 0 Å². The van der Waals surface area contributed by atoms with Crippen molar-refractivity contribution in [3.8, 4) is 0 Å². The summed E-state index contributed by atoms with van der Waals surface area (Å²) < 4.78 is 1.85. The van der Waals surface area contributed by atoms with Gasteiger partial charge in [-0.2, -0.15) is 0 Å². The first-order chi connectivity index (χ1) is 8.97. The predicted octanol–water partition coefficient (Wildman–Crippen LogP) is 5.45. The maximum atomic E-state index is 12.2. The topological polar surface area (TPSA) is 29.1 Å². The van der Waals surface area contributed by atoms with Crippen molar-refractivity contribution in [2.24, 2.45) is 0 Å². The molecule has 0 fully saturated rings. The van der Waals surface area contributed by atoms with Crippen LogP contribution in [0.25, 0.3) is 0 Å². The van der Waals surface area contributed by atoms with E-state index in [4.69, 9.17) is 23.2 Å². The molecule has 0 heterocycles. The number of amides is 1. The predicted molar refractivity (Wildman–Crippen MR) is 96.3 cm³/mol. The highest BCUT2D eigenvalue weighted by molar-refractivity contribution is 14.1. The van der Waals surface area contributed by atoms with Gasteiger partial charge >= 0.3 is 0 Å². The Hall–Kier alpha value is -0.0500. The zero-order chi connectivity index (χ0) is 14.0. The Morgan fingerprint density at radius 2 is 1.79 bits per heavy atom. The molecule has 2 rings (SSSR count). The number of carbonyl (C=O) groups excluding carboxylic acids is 1. The average molecular weight is 518 g/mol. The van der Waals surface area contributed by atoms with E-state index in [-0.39, 0.29) is 5.91 Å². The van der Waals surface area contributed by atoms with E-state index in [0.717, 1.165) is 7.14 Å². The second kappa shape index (κ2) is 6.60. The molecule has 0 atom stereocenters. The molecule has 0 aliphatic heterocycles. The first kappa shape index (κ1) is 15.3. The van der Waals surface area contributed by atoms with Gasteiger partial charge in [-0.3, -0.25) is 4.79 Å². The van der Waals surface area contributed by atoms with E-state index >= 15 is 0 Å². The molecule has 19 heavy (non-hydrogen) atoms. The van der Waals surface area contributed by atoms with Gasteiger partial charge in [-0.15, -0.1) is 0 Å². The number of halogens is 4. The van der Waals surface area contributed by atoms with Crippen LogP contribution in [0.1, 0.15) is 10.4 Å². The number of carbonyl (C=O) groups is 1. The Morgan fingerprint density at radius 1 is 1.05 bits per heavy atom. The molecule has 2 aromatic carbocycles. The van der Waals surface area contributed by atoms with Crippen molar-refractivity contribution < 1.29 is 4.79 Å². The van der Waals surface area contributed by atoms with Crippen molar-refractivity contribution in [2.75, 3.05) is 5.32 Å². The maximum absolute atomic E-state index is 12.2. The molecule has 1 amide bonds. The van der Waals surface area contributed by atoms with Crippen molar-refractivity contribution in [1.29, 1.82) is 0 Å². The van der Waals surface area contributed by atoms with Crippen molar-refractivity contribution in [2.45, 2.75) is 0 Å². The Balaban J connectivity index is 2.28. The van der Waals surface area contributed by atoms with Crippen molar-refractivity contribution in [3.05, 3.63) is 59.1 Å². The number of benzene rings is 2. The van der Waals surface area contributed by atoms with Gasteiger partial charge < -0.3 is 5.32 Å². The van der Waals surface area contributed by atoms with Crippen LogP contribution in [0.2, 0.25) is 10.0 Å². The van der Waals surface area contributed by atoms with E-state index in [1.807, 2.05) is 6.07 Å². The van der Waals surface area contributed by atoms with Gasteiger partial charge in [0.2, 0.25) is 0 Å². The lowest BCUT2D eigenvalue weighted by Gasteiger charge is -2.09. The van der Waals surface area contributed by atoms with Gasteiger partial charge in [0.05, 0.1) is 16.3 Å². The van der Waals surface area contributed by atoms with E-state index < -0.39 is 0 Å². The van der Waals surface area contributed by atoms with E-state index in [1.54, 1.807) is 30.3 Å². The van der Waals surface area contributed by atoms with Crippen molar-refractivity contribution in [3.63, 3.8) is 0 Å². The van der Waals surface area contributed by atoms with Gasteiger partial charge in [-0.05, 0) is 81.6 Å². The van der Waals surface area contributed by atoms with Gasteiger partial charge in [0, 0.05) is 12.2 Å². The minimum absolute atomic E-state index is 0.227. The van der Waals surface area contributed by atoms with Gasteiger partial charge in [0.25, 0.3) is 5.91 Å². The second-order valence-corrected chi connectivity index (χ2v) is 6.95. The molecule has 0 saturated heterocycles. The van der Waals surface area contributed by atoms with Crippen LogP contribution in [0, 0.1) is 7.14 Å². The van der Waals surface area contributed by atoms with Crippen LogP contribution in [0.15, 0.2) is 36.4 Å². The summed E-state index contributed by atoms with van der Waals surface area (Å²) in [4.78, 5) is 12.2. The number of anilines is 1. The number of nitrogens with one attached hydrogen (secondary N) is 1. The monoisotopic (exact) mass is 517 g/mol. The molecule has 0 bridgehead atoms. The molecule has 0 aliphatic carbocycles. The van der Waals surface area contributed by atoms with Gasteiger partial charge in [0.1, 0.15) is 0 Å². The lowest BCUT2D eigenvalue weighted by Crippen LogP contribution is -2.13. The zero-order valence-corrected chi connectivity index (χ0v) is 15.2. The summed E-state index contributed by atoms with van der Waals surface area (Å²) in [7, 11) is 0. The molecule has 1 N–H and O–H groups in total. The summed E-state index contributed by atoms with van der Waals surface area (Å²) >= 11 is 16.2. The highest BCUT2D eigenvalue weighted by Crippen LogP contribution is 2.25. The molecule has 0 saturated carbocycles. The normalized spacial score (nSPS) is 10.3. The van der Waals surface area contributed by atoms with Crippen LogP contribution in [0.5, 0.6) is 0 Å². The zero-order valence-electron chi connectivity index (χ0n) is 9.38. The molecule has 6 heteroatoms. The summed E-state index contributed by atoms with van der Waals surface area (Å²) in [5, 5.41) is 3.82. The van der Waals surface area contributed by atoms with Crippen LogP contribution < -0.4 is 5.32 Å². The second-order valence-electron chi connectivity index (χ2n) is 3.70. The van der Waals surface area contributed by atoms with Crippen LogP contribution in [0.3, 0.4) is 0 Å². The fourth-order valence-corrected chi connectivity index (χ4v) is 3.11. The SMILES string of the molecule is O=C(Nc1ccc(I)cc1Cl)c1cc(Cl)ccc1I. The first-order valence-electron chi connectivity index (χ1n) is 5.19. The van der Waals surface area contributed by atoms with Crippen LogP contribution in [-0.4, -0.2) is 5.91 Å². The molecule has 0 aliphatic rings. The number of rotatable bonds is 2. The lowest BCUT2D eigenvalue weighted by molar-refractivity contribution is 0.102. The molecular weight excluding hydrogens is 511 g/mol. The molecular formula is C13H7Cl2I2NO. The molecule has 0 aromatic heterocycles. The Kier molecular flexibility index (Phi) is 5.33. The fraction of sp³-hybridized carbons (Fsp3) is 0. The third kappa shape index (κ3) is 3.96. The number of hydrogen-bond donors (Lipinski definition) is 1. The highest BCUT2D eigenvalue weighted by Gasteiger charge is 2.12. The first-order valence-corrected chi connectivity index (χ1v) is 8.10. The number of hydrogen-bond acceptors (Lipinski definition) is 1. The van der Waals surface area contributed by atoms with Crippen LogP contribution in [-0.2, 0) is 0 Å². The van der Waals surface area contributed by atoms with E-state index in [0.29, 0.717) is 21.3 Å². The molecule has 2 aromatic rings. The maximum Gasteiger partial charge on any atom is 0.256 e. The average Bonchev–Trinajstić information content (AvgIpc) is 2.35. The Bertz CT molecular complexity index is 647. The molecule has 98 valence electrons. The quantitative estimate of drug-likeness (QED) is 0.527. The molecule has 0 spiro atoms. The third-order valence-electron chi connectivity index (χ3n) is 2.35. The summed E-state index contributed by atoms with van der Waals surface area (Å²) in [6.07, 6.45) is 0. The van der Waals surface area contributed by atoms with Crippen LogP contribution in [0.4, 0.5) is 5.69 Å². The van der Waals surface area contributed by atoms with Gasteiger partial charge in [-0.25, -0.2) is 0 Å². The lowest BCUT2D eigenvalue weighted by atomic mass is 10.2.